The van der Waals surface area contributed by atoms with E-state index in [1.54, 1.807) is 38.6 Å². The van der Waals surface area contributed by atoms with Crippen LogP contribution in [0.15, 0.2) is 48.3 Å². The maximum absolute atomic E-state index is 12.7. The molecule has 0 saturated heterocycles. The van der Waals surface area contributed by atoms with Gasteiger partial charge in [0.2, 0.25) is 0 Å². The highest BCUT2D eigenvalue weighted by Gasteiger charge is 2.14. The minimum absolute atomic E-state index is 0.0265. The van der Waals surface area contributed by atoms with Gasteiger partial charge in [-0.2, -0.15) is 5.26 Å². The Morgan fingerprint density at radius 1 is 1.24 bits per heavy atom. The molecule has 1 aliphatic rings. The molecule has 1 aromatic carbocycles. The van der Waals surface area contributed by atoms with E-state index in [1.807, 2.05) is 18.3 Å². The van der Waals surface area contributed by atoms with Gasteiger partial charge >= 0.3 is 0 Å². The summed E-state index contributed by atoms with van der Waals surface area (Å²) in [6.45, 7) is 0.256. The fourth-order valence-electron chi connectivity index (χ4n) is 3.99. The molecule has 33 heavy (non-hydrogen) atoms. The van der Waals surface area contributed by atoms with E-state index >= 15 is 0 Å². The van der Waals surface area contributed by atoms with Gasteiger partial charge < -0.3 is 19.8 Å². The Morgan fingerprint density at radius 3 is 2.82 bits per heavy atom. The van der Waals surface area contributed by atoms with E-state index in [-0.39, 0.29) is 12.1 Å². The zero-order chi connectivity index (χ0) is 23.2. The Morgan fingerprint density at radius 2 is 2.09 bits per heavy atom. The Bertz CT molecular complexity index is 1280. The molecule has 2 heterocycles. The largest absolute Gasteiger partial charge is 0.493 e. The van der Waals surface area contributed by atoms with Crippen LogP contribution >= 0.6 is 0 Å². The van der Waals surface area contributed by atoms with E-state index in [0.29, 0.717) is 11.5 Å². The van der Waals surface area contributed by atoms with Crippen molar-refractivity contribution in [3.8, 4) is 17.6 Å². The Balaban J connectivity index is 1.54. The lowest BCUT2D eigenvalue weighted by atomic mass is 9.94. The van der Waals surface area contributed by atoms with E-state index < -0.39 is 5.91 Å². The smallest absolute Gasteiger partial charge is 0.262 e. The van der Waals surface area contributed by atoms with Crippen molar-refractivity contribution >= 4 is 28.6 Å². The van der Waals surface area contributed by atoms with Crippen LogP contribution in [0.3, 0.4) is 0 Å². The average molecular weight is 443 g/mol. The maximum Gasteiger partial charge on any atom is 0.262 e. The topological polar surface area (TPSA) is 100 Å². The van der Waals surface area contributed by atoms with E-state index in [9.17, 15) is 10.1 Å². The first kappa shape index (κ1) is 22.2. The number of amides is 1. The highest BCUT2D eigenvalue weighted by molar-refractivity contribution is 6.03. The summed E-state index contributed by atoms with van der Waals surface area (Å²) in [4.78, 5) is 20.4. The van der Waals surface area contributed by atoms with Crippen molar-refractivity contribution in [2.75, 3.05) is 14.2 Å². The number of H-pyrrole nitrogens is 1. The first-order valence-corrected chi connectivity index (χ1v) is 10.9. The molecule has 0 radical (unpaired) electrons. The molecule has 3 aromatic rings. The molecule has 4 rings (SSSR count). The number of ether oxygens (including phenoxy) is 2. The normalized spacial score (nSPS) is 13.8. The number of allylic oxidation sites excluding steroid dienone is 2. The summed E-state index contributed by atoms with van der Waals surface area (Å²) in [7, 11) is 3.13. The van der Waals surface area contributed by atoms with Crippen molar-refractivity contribution in [3.63, 3.8) is 0 Å². The number of rotatable bonds is 7. The van der Waals surface area contributed by atoms with E-state index in [0.717, 1.165) is 40.6 Å². The highest BCUT2D eigenvalue weighted by atomic mass is 16.5. The molecule has 0 atom stereocenters. The van der Waals surface area contributed by atoms with Crippen molar-refractivity contribution in [3.05, 3.63) is 65.0 Å². The summed E-state index contributed by atoms with van der Waals surface area (Å²) in [6.07, 6.45) is 12.1. The molecule has 168 valence electrons. The van der Waals surface area contributed by atoms with Crippen LogP contribution in [0.2, 0.25) is 0 Å². The molecule has 0 saturated carbocycles. The molecule has 0 unspecified atom stereocenters. The van der Waals surface area contributed by atoms with E-state index in [4.69, 9.17) is 9.47 Å². The first-order chi connectivity index (χ1) is 16.1. The minimum Gasteiger partial charge on any atom is -0.493 e. The Hall–Kier alpha value is -4.05. The number of pyridine rings is 1. The van der Waals surface area contributed by atoms with Gasteiger partial charge in [-0.25, -0.2) is 4.98 Å². The third-order valence-corrected chi connectivity index (χ3v) is 5.79. The quantitative estimate of drug-likeness (QED) is 0.406. The number of nitrogens with one attached hydrogen (secondary N) is 2. The van der Waals surface area contributed by atoms with Gasteiger partial charge in [0.25, 0.3) is 5.91 Å². The van der Waals surface area contributed by atoms with Crippen LogP contribution in [0.25, 0.3) is 22.7 Å². The molecule has 0 bridgehead atoms. The van der Waals surface area contributed by atoms with Gasteiger partial charge in [0.15, 0.2) is 11.5 Å². The first-order valence-electron chi connectivity index (χ1n) is 10.9. The number of aromatic nitrogens is 2. The van der Waals surface area contributed by atoms with Crippen LogP contribution in [0.4, 0.5) is 0 Å². The lowest BCUT2D eigenvalue weighted by Gasteiger charge is -2.12. The molecule has 0 spiro atoms. The summed E-state index contributed by atoms with van der Waals surface area (Å²) in [5.41, 5.74) is 4.74. The fourth-order valence-corrected chi connectivity index (χ4v) is 3.99. The van der Waals surface area contributed by atoms with Crippen molar-refractivity contribution < 1.29 is 14.3 Å². The van der Waals surface area contributed by atoms with Crippen molar-refractivity contribution in [2.24, 2.45) is 0 Å². The molecule has 0 aliphatic heterocycles. The van der Waals surface area contributed by atoms with Crippen LogP contribution in [0, 0.1) is 11.3 Å². The molecule has 7 heteroatoms. The van der Waals surface area contributed by atoms with Gasteiger partial charge in [0.1, 0.15) is 17.3 Å². The fraction of sp³-hybridized carbons (Fsp3) is 0.269. The molecular weight excluding hydrogens is 416 g/mol. The predicted octanol–water partition coefficient (Wildman–Crippen LogP) is 4.76. The molecule has 1 aliphatic carbocycles. The Labute approximate surface area is 192 Å². The van der Waals surface area contributed by atoms with Crippen LogP contribution in [0.1, 0.15) is 42.4 Å². The van der Waals surface area contributed by atoms with Crippen LogP contribution in [0.5, 0.6) is 11.5 Å². The van der Waals surface area contributed by atoms with Gasteiger partial charge in [0, 0.05) is 29.9 Å². The molecular formula is C26H26N4O3. The van der Waals surface area contributed by atoms with Crippen molar-refractivity contribution in [1.82, 2.24) is 15.3 Å². The van der Waals surface area contributed by atoms with Gasteiger partial charge in [-0.05, 0) is 66.7 Å². The lowest BCUT2D eigenvalue weighted by molar-refractivity contribution is -0.117. The second-order valence-corrected chi connectivity index (χ2v) is 7.88. The van der Waals surface area contributed by atoms with Gasteiger partial charge in [-0.15, -0.1) is 0 Å². The van der Waals surface area contributed by atoms with Crippen LogP contribution < -0.4 is 14.8 Å². The van der Waals surface area contributed by atoms with Gasteiger partial charge in [0.05, 0.1) is 14.2 Å². The zero-order valence-corrected chi connectivity index (χ0v) is 18.8. The second-order valence-electron chi connectivity index (χ2n) is 7.88. The summed E-state index contributed by atoms with van der Waals surface area (Å²) < 4.78 is 10.5. The minimum atomic E-state index is -0.444. The number of nitriles is 1. The highest BCUT2D eigenvalue weighted by Crippen LogP contribution is 2.30. The number of benzene rings is 1. The lowest BCUT2D eigenvalue weighted by Crippen LogP contribution is -2.24. The molecule has 7 nitrogen and oxygen atoms in total. The SMILES string of the molecule is COc1ccc(CNC(=O)/C(C#N)=C/c2c[nH]c3ncc(C4=CCCCC4)cc23)cc1OC. The third kappa shape index (κ3) is 4.90. The number of carbonyl (C=O) groups excluding carboxylic acids is 1. The van der Waals surface area contributed by atoms with Crippen LogP contribution in [-0.2, 0) is 11.3 Å². The third-order valence-electron chi connectivity index (χ3n) is 5.79. The number of aromatic amines is 1. The van der Waals surface area contributed by atoms with E-state index in [2.05, 4.69) is 27.4 Å². The number of hydrogen-bond acceptors (Lipinski definition) is 5. The number of methoxy groups -OCH3 is 2. The van der Waals surface area contributed by atoms with Crippen molar-refractivity contribution in [1.29, 1.82) is 5.26 Å². The molecule has 1 amide bonds. The number of carbonyl (C=O) groups is 1. The van der Waals surface area contributed by atoms with Gasteiger partial charge in [-0.3, -0.25) is 4.79 Å². The molecule has 2 aromatic heterocycles. The summed E-state index contributed by atoms with van der Waals surface area (Å²) >= 11 is 0. The van der Waals surface area contributed by atoms with E-state index in [1.165, 1.54) is 18.4 Å². The maximum atomic E-state index is 12.7. The Kier molecular flexibility index (Phi) is 6.75. The van der Waals surface area contributed by atoms with Crippen LogP contribution in [-0.4, -0.2) is 30.1 Å². The summed E-state index contributed by atoms with van der Waals surface area (Å²) in [6, 6.07) is 9.51. The van der Waals surface area contributed by atoms with Gasteiger partial charge in [-0.1, -0.05) is 12.1 Å². The number of fused-ring (bicyclic) bond motifs is 1. The molecule has 0 fully saturated rings. The summed E-state index contributed by atoms with van der Waals surface area (Å²) in [5.74, 6) is 0.748. The van der Waals surface area contributed by atoms with Crippen molar-refractivity contribution in [2.45, 2.75) is 32.2 Å². The monoisotopic (exact) mass is 442 g/mol. The average Bonchev–Trinajstić information content (AvgIpc) is 3.27. The second kappa shape index (κ2) is 10.0. The predicted molar refractivity (Wildman–Crippen MR) is 128 cm³/mol. The standard InChI is InChI=1S/C26H26N4O3/c1-32-23-9-8-17(10-24(23)33-2)14-30-26(31)19(13-27)11-21-16-29-25-22(21)12-20(15-28-25)18-6-4-3-5-7-18/h6,8-12,15-16H,3-5,7,14H2,1-2H3,(H,28,29)(H,30,31)/b19-11+. The summed E-state index contributed by atoms with van der Waals surface area (Å²) in [5, 5.41) is 13.3. The number of hydrogen-bond donors (Lipinski definition) is 2. The molecule has 2 N–H and O–H groups in total. The zero-order valence-electron chi connectivity index (χ0n) is 18.8. The number of nitrogens with zero attached hydrogens (tertiary/aromatic N) is 2.